The molecule has 3 aromatic rings. The first kappa shape index (κ1) is 35.0. The number of fused-ring (bicyclic) bond motifs is 4. The summed E-state index contributed by atoms with van der Waals surface area (Å²) in [7, 11) is 1.29. The Balaban J connectivity index is 1.56. The Labute approximate surface area is 284 Å². The van der Waals surface area contributed by atoms with Gasteiger partial charge in [0.15, 0.2) is 5.82 Å². The van der Waals surface area contributed by atoms with E-state index in [1.54, 1.807) is 17.2 Å². The molecule has 11 heteroatoms. The van der Waals surface area contributed by atoms with Crippen molar-refractivity contribution in [2.45, 2.75) is 71.8 Å². The van der Waals surface area contributed by atoms with E-state index < -0.39 is 23.8 Å². The molecule has 3 amide bonds. The van der Waals surface area contributed by atoms with Crippen LogP contribution in [0, 0.1) is 30.4 Å². The number of nitrogens with one attached hydrogen (secondary N) is 2. The lowest BCUT2D eigenvalue weighted by Gasteiger charge is -2.34. The van der Waals surface area contributed by atoms with Crippen LogP contribution in [0.25, 0.3) is 16.7 Å². The van der Waals surface area contributed by atoms with Gasteiger partial charge < -0.3 is 15.0 Å². The van der Waals surface area contributed by atoms with Crippen molar-refractivity contribution in [2.75, 3.05) is 24.3 Å². The standard InChI is InChI=1S/C37H41ClF2N4O4/c1-5-21(2)16-25-8-6-7-9-32(44-15-13-24(19-33(44)45)34-28(39)11-10-27(38)35(34)40)31-18-23(12-14-41-31)26-17-22(3)29(43-37(47)48-4)20-30(26)42-36(25)46/h10-12,14,17-21,25,32H,5-9,13,15-16H2,1-4H3,(H,42,46)(H,43,47). The Morgan fingerprint density at radius 1 is 1.17 bits per heavy atom. The Bertz CT molecular complexity index is 1750. The van der Waals surface area contributed by atoms with Crippen molar-refractivity contribution in [3.8, 4) is 11.1 Å². The van der Waals surface area contributed by atoms with E-state index in [1.807, 2.05) is 25.1 Å². The zero-order chi connectivity index (χ0) is 34.5. The maximum Gasteiger partial charge on any atom is 0.411 e. The molecule has 0 aliphatic carbocycles. The van der Waals surface area contributed by atoms with Crippen LogP contribution in [-0.4, -0.2) is 41.4 Å². The van der Waals surface area contributed by atoms with E-state index >= 15 is 0 Å². The molecular weight excluding hydrogens is 638 g/mol. The minimum absolute atomic E-state index is 0.0844. The predicted octanol–water partition coefficient (Wildman–Crippen LogP) is 9.09. The number of amides is 3. The molecule has 0 spiro atoms. The van der Waals surface area contributed by atoms with Gasteiger partial charge in [0.1, 0.15) is 5.82 Å². The molecule has 3 unspecified atom stereocenters. The molecule has 0 saturated carbocycles. The molecule has 254 valence electrons. The Hall–Kier alpha value is -4.31. The minimum atomic E-state index is -0.880. The van der Waals surface area contributed by atoms with E-state index in [0.29, 0.717) is 35.8 Å². The molecule has 8 nitrogen and oxygen atoms in total. The largest absolute Gasteiger partial charge is 0.453 e. The van der Waals surface area contributed by atoms with Gasteiger partial charge in [-0.3, -0.25) is 19.9 Å². The first-order valence-electron chi connectivity index (χ1n) is 16.4. The topological polar surface area (TPSA) is 101 Å². The molecule has 2 aliphatic rings. The summed E-state index contributed by atoms with van der Waals surface area (Å²) in [5.74, 6) is -1.99. The Morgan fingerprint density at radius 3 is 2.67 bits per heavy atom. The van der Waals surface area contributed by atoms with Crippen molar-refractivity contribution in [1.29, 1.82) is 0 Å². The van der Waals surface area contributed by atoms with E-state index in [9.17, 15) is 23.2 Å². The van der Waals surface area contributed by atoms with Crippen LogP contribution >= 0.6 is 11.6 Å². The van der Waals surface area contributed by atoms with E-state index in [1.165, 1.54) is 13.2 Å². The summed E-state index contributed by atoms with van der Waals surface area (Å²) in [6.45, 7) is 6.34. The first-order valence-corrected chi connectivity index (χ1v) is 16.8. The summed E-state index contributed by atoms with van der Waals surface area (Å²) in [6, 6.07) is 9.25. The molecule has 0 radical (unpaired) electrons. The number of carbonyl (C=O) groups is 3. The zero-order valence-electron chi connectivity index (χ0n) is 27.7. The number of halogens is 3. The van der Waals surface area contributed by atoms with Gasteiger partial charge in [0.05, 0.1) is 35.1 Å². The summed E-state index contributed by atoms with van der Waals surface area (Å²) in [4.78, 5) is 46.1. The van der Waals surface area contributed by atoms with Crippen LogP contribution in [0.15, 0.2) is 48.7 Å². The number of methoxy groups -OCH3 is 1. The molecule has 48 heavy (non-hydrogen) atoms. The minimum Gasteiger partial charge on any atom is -0.453 e. The highest BCUT2D eigenvalue weighted by atomic mass is 35.5. The lowest BCUT2D eigenvalue weighted by atomic mass is 9.88. The van der Waals surface area contributed by atoms with Crippen molar-refractivity contribution in [1.82, 2.24) is 9.88 Å². The number of carbonyl (C=O) groups excluding carboxylic acids is 3. The number of ether oxygens (including phenoxy) is 1. The summed E-state index contributed by atoms with van der Waals surface area (Å²) < 4.78 is 34.4. The molecular formula is C37H41ClF2N4O4. The van der Waals surface area contributed by atoms with E-state index in [0.717, 1.165) is 54.5 Å². The van der Waals surface area contributed by atoms with E-state index in [4.69, 9.17) is 21.3 Å². The molecule has 5 rings (SSSR count). The maximum atomic E-state index is 14.9. The van der Waals surface area contributed by atoms with Crippen molar-refractivity contribution < 1.29 is 27.9 Å². The Kier molecular flexibility index (Phi) is 11.1. The van der Waals surface area contributed by atoms with E-state index in [-0.39, 0.29) is 46.9 Å². The number of nitrogens with zero attached hydrogens (tertiary/aromatic N) is 2. The zero-order valence-corrected chi connectivity index (χ0v) is 28.4. The molecule has 2 N–H and O–H groups in total. The average molecular weight is 679 g/mol. The lowest BCUT2D eigenvalue weighted by Crippen LogP contribution is -2.38. The van der Waals surface area contributed by atoms with E-state index in [2.05, 4.69) is 24.5 Å². The van der Waals surface area contributed by atoms with Gasteiger partial charge in [0.2, 0.25) is 11.8 Å². The van der Waals surface area contributed by atoms with Crippen LogP contribution in [-0.2, 0) is 14.3 Å². The van der Waals surface area contributed by atoms with Crippen LogP contribution < -0.4 is 10.6 Å². The van der Waals surface area contributed by atoms with Gasteiger partial charge in [-0.25, -0.2) is 13.6 Å². The third-order valence-corrected chi connectivity index (χ3v) is 9.75. The second-order valence-corrected chi connectivity index (χ2v) is 13.1. The van der Waals surface area contributed by atoms with Gasteiger partial charge in [-0.2, -0.15) is 0 Å². The smallest absolute Gasteiger partial charge is 0.411 e. The highest BCUT2D eigenvalue weighted by Gasteiger charge is 2.31. The number of hydrogen-bond donors (Lipinski definition) is 2. The monoisotopic (exact) mass is 678 g/mol. The highest BCUT2D eigenvalue weighted by molar-refractivity contribution is 6.31. The molecule has 0 saturated heterocycles. The average Bonchev–Trinajstić information content (AvgIpc) is 3.07. The fourth-order valence-electron chi connectivity index (χ4n) is 6.56. The third-order valence-electron chi connectivity index (χ3n) is 9.46. The summed E-state index contributed by atoms with van der Waals surface area (Å²) in [5.41, 5.74) is 3.96. The van der Waals surface area contributed by atoms with Gasteiger partial charge in [-0.1, -0.05) is 44.7 Å². The van der Waals surface area contributed by atoms with Crippen LogP contribution in [0.3, 0.4) is 0 Å². The molecule has 2 bridgehead atoms. The van der Waals surface area contributed by atoms with Crippen molar-refractivity contribution >= 4 is 46.5 Å². The summed E-state index contributed by atoms with van der Waals surface area (Å²) in [5, 5.41) is 5.69. The highest BCUT2D eigenvalue weighted by Crippen LogP contribution is 2.39. The quantitative estimate of drug-likeness (QED) is 0.253. The summed E-state index contributed by atoms with van der Waals surface area (Å²) in [6.07, 6.45) is 7.01. The second-order valence-electron chi connectivity index (χ2n) is 12.7. The molecule has 3 heterocycles. The fraction of sp³-hybridized carbons (Fsp3) is 0.405. The second kappa shape index (κ2) is 15.3. The third kappa shape index (κ3) is 7.70. The van der Waals surface area contributed by atoms with Gasteiger partial charge in [-0.05, 0) is 91.6 Å². The number of rotatable bonds is 6. The number of aromatic nitrogens is 1. The van der Waals surface area contributed by atoms with Gasteiger partial charge >= 0.3 is 6.09 Å². The molecule has 2 aliphatic heterocycles. The van der Waals surface area contributed by atoms with Gasteiger partial charge in [0.25, 0.3) is 0 Å². The van der Waals surface area contributed by atoms with Crippen molar-refractivity contribution in [2.24, 2.45) is 11.8 Å². The number of pyridine rings is 1. The Morgan fingerprint density at radius 2 is 1.94 bits per heavy atom. The number of hydrogen-bond acceptors (Lipinski definition) is 5. The van der Waals surface area contributed by atoms with Crippen LogP contribution in [0.2, 0.25) is 5.02 Å². The number of anilines is 2. The fourth-order valence-corrected chi connectivity index (χ4v) is 6.72. The van der Waals surface area contributed by atoms with Crippen LogP contribution in [0.1, 0.15) is 81.7 Å². The molecule has 0 fully saturated rings. The number of benzene rings is 2. The molecule has 3 atom stereocenters. The van der Waals surface area contributed by atoms with Gasteiger partial charge in [-0.15, -0.1) is 0 Å². The van der Waals surface area contributed by atoms with Gasteiger partial charge in [0, 0.05) is 36.0 Å². The summed E-state index contributed by atoms with van der Waals surface area (Å²) >= 11 is 5.94. The molecule has 2 aromatic carbocycles. The van der Waals surface area contributed by atoms with Crippen molar-refractivity contribution in [3.63, 3.8) is 0 Å². The predicted molar refractivity (Wildman–Crippen MR) is 184 cm³/mol. The number of aryl methyl sites for hydroxylation is 1. The first-order chi connectivity index (χ1) is 23.0. The lowest BCUT2D eigenvalue weighted by molar-refractivity contribution is -0.129. The molecule has 1 aromatic heterocycles. The van der Waals surface area contributed by atoms with Crippen molar-refractivity contribution in [3.05, 3.63) is 82.1 Å². The van der Waals surface area contributed by atoms with Crippen LogP contribution in [0.5, 0.6) is 0 Å². The van der Waals surface area contributed by atoms with Crippen LogP contribution in [0.4, 0.5) is 25.0 Å². The normalized spacial score (nSPS) is 19.1. The SMILES string of the molecule is CCC(C)CC1CCCCC(N2CCC(c3c(F)ccc(Cl)c3F)=CC2=O)c2cc(ccn2)-c2cc(C)c(NC(=O)OC)cc2NC1=O. The maximum absolute atomic E-state index is 14.9.